The van der Waals surface area contributed by atoms with Crippen molar-refractivity contribution in [2.75, 3.05) is 0 Å². The third-order valence-electron chi connectivity index (χ3n) is 2.60. The normalized spacial score (nSPS) is 11.2. The molecule has 0 atom stereocenters. The zero-order chi connectivity index (χ0) is 15.5. The fourth-order valence-electron chi connectivity index (χ4n) is 1.59. The Labute approximate surface area is 123 Å². The number of rotatable bonds is 4. The summed E-state index contributed by atoms with van der Waals surface area (Å²) in [5.74, 6) is -0.0961. The van der Waals surface area contributed by atoms with Crippen molar-refractivity contribution in [1.82, 2.24) is 4.98 Å². The molecule has 0 aliphatic rings. The lowest BCUT2D eigenvalue weighted by molar-refractivity contribution is -0.137. The summed E-state index contributed by atoms with van der Waals surface area (Å²) >= 11 is 5.72. The number of alkyl halides is 3. The molecule has 0 amide bonds. The van der Waals surface area contributed by atoms with Gasteiger partial charge in [0, 0.05) is 11.8 Å². The van der Waals surface area contributed by atoms with Gasteiger partial charge in [0.1, 0.15) is 17.9 Å². The molecule has 0 bridgehead atoms. The van der Waals surface area contributed by atoms with Gasteiger partial charge in [0.15, 0.2) is 0 Å². The van der Waals surface area contributed by atoms with Crippen molar-refractivity contribution < 1.29 is 22.7 Å². The maximum atomic E-state index is 12.5. The maximum absolute atomic E-state index is 12.5. The van der Waals surface area contributed by atoms with Crippen LogP contribution in [0.5, 0.6) is 5.88 Å². The second kappa shape index (κ2) is 6.13. The van der Waals surface area contributed by atoms with E-state index in [-0.39, 0.29) is 17.5 Å². The number of aromatic nitrogens is 1. The Morgan fingerprint density at radius 1 is 1.29 bits per heavy atom. The van der Waals surface area contributed by atoms with Crippen molar-refractivity contribution in [3.8, 4) is 5.88 Å². The lowest BCUT2D eigenvalue weighted by Crippen LogP contribution is -2.06. The Bertz CT molecular complexity index is 659. The average molecular weight is 316 g/mol. The zero-order valence-electron chi connectivity index (χ0n) is 10.5. The van der Waals surface area contributed by atoms with Crippen LogP contribution in [-0.2, 0) is 12.8 Å². The highest BCUT2D eigenvalue weighted by Gasteiger charge is 2.31. The fourth-order valence-corrected chi connectivity index (χ4v) is 1.82. The van der Waals surface area contributed by atoms with Crippen LogP contribution in [0.15, 0.2) is 36.5 Å². The van der Waals surface area contributed by atoms with Crippen LogP contribution in [0.1, 0.15) is 21.5 Å². The molecule has 110 valence electrons. The second-order valence-corrected chi connectivity index (χ2v) is 4.57. The third kappa shape index (κ3) is 3.95. The number of carbonyl (C=O) groups is 1. The SMILES string of the molecule is O=Cc1cccc(COc2ncc(C(F)(F)F)cc2Cl)c1. The van der Waals surface area contributed by atoms with Crippen LogP contribution in [0.3, 0.4) is 0 Å². The van der Waals surface area contributed by atoms with Gasteiger partial charge in [0.2, 0.25) is 5.88 Å². The van der Waals surface area contributed by atoms with Gasteiger partial charge >= 0.3 is 6.18 Å². The summed E-state index contributed by atoms with van der Waals surface area (Å²) < 4.78 is 42.6. The summed E-state index contributed by atoms with van der Waals surface area (Å²) in [6.07, 6.45) is -3.16. The number of nitrogens with zero attached hydrogens (tertiary/aromatic N) is 1. The van der Waals surface area contributed by atoms with Gasteiger partial charge in [-0.3, -0.25) is 4.79 Å². The Hall–Kier alpha value is -2.08. The number of hydrogen-bond donors (Lipinski definition) is 0. The summed E-state index contributed by atoms with van der Waals surface area (Å²) in [7, 11) is 0. The number of ether oxygens (including phenoxy) is 1. The van der Waals surface area contributed by atoms with Gasteiger partial charge in [-0.1, -0.05) is 29.8 Å². The van der Waals surface area contributed by atoms with Crippen molar-refractivity contribution in [2.24, 2.45) is 0 Å². The lowest BCUT2D eigenvalue weighted by Gasteiger charge is -2.10. The first-order valence-corrected chi connectivity index (χ1v) is 6.17. The van der Waals surface area contributed by atoms with E-state index in [1.54, 1.807) is 24.3 Å². The van der Waals surface area contributed by atoms with E-state index in [0.29, 0.717) is 23.6 Å². The second-order valence-electron chi connectivity index (χ2n) is 4.16. The van der Waals surface area contributed by atoms with Gasteiger partial charge in [-0.2, -0.15) is 13.2 Å². The first kappa shape index (κ1) is 15.3. The van der Waals surface area contributed by atoms with Gasteiger partial charge < -0.3 is 4.74 Å². The third-order valence-corrected chi connectivity index (χ3v) is 2.87. The van der Waals surface area contributed by atoms with Crippen molar-refractivity contribution in [3.63, 3.8) is 0 Å². The molecule has 3 nitrogen and oxygen atoms in total. The molecule has 7 heteroatoms. The molecule has 0 fully saturated rings. The van der Waals surface area contributed by atoms with Crippen LogP contribution in [0.25, 0.3) is 0 Å². The molecular formula is C14H9ClF3NO2. The van der Waals surface area contributed by atoms with E-state index in [9.17, 15) is 18.0 Å². The molecule has 21 heavy (non-hydrogen) atoms. The van der Waals surface area contributed by atoms with Gasteiger partial charge in [-0.15, -0.1) is 0 Å². The monoisotopic (exact) mass is 315 g/mol. The molecule has 2 rings (SSSR count). The van der Waals surface area contributed by atoms with Gasteiger partial charge in [0.05, 0.1) is 5.56 Å². The maximum Gasteiger partial charge on any atom is 0.417 e. The fraction of sp³-hybridized carbons (Fsp3) is 0.143. The molecule has 0 spiro atoms. The van der Waals surface area contributed by atoms with Gasteiger partial charge in [0.25, 0.3) is 0 Å². The Morgan fingerprint density at radius 3 is 2.67 bits per heavy atom. The molecule has 0 unspecified atom stereocenters. The van der Waals surface area contributed by atoms with E-state index in [2.05, 4.69) is 4.98 Å². The number of benzene rings is 1. The highest BCUT2D eigenvalue weighted by Crippen LogP contribution is 2.33. The standard InChI is InChI=1S/C14H9ClF3NO2/c15-12-5-11(14(16,17)18)6-19-13(12)21-8-10-3-1-2-9(4-10)7-20/h1-7H,8H2. The molecule has 0 N–H and O–H groups in total. The first-order chi connectivity index (χ1) is 9.90. The van der Waals surface area contributed by atoms with E-state index in [4.69, 9.17) is 16.3 Å². The average Bonchev–Trinajstić information content (AvgIpc) is 2.45. The molecule has 1 heterocycles. The van der Waals surface area contributed by atoms with E-state index in [0.717, 1.165) is 6.07 Å². The Morgan fingerprint density at radius 2 is 2.05 bits per heavy atom. The number of aldehydes is 1. The molecule has 2 aromatic rings. The predicted molar refractivity (Wildman–Crippen MR) is 70.4 cm³/mol. The number of pyridine rings is 1. The van der Waals surface area contributed by atoms with Crippen LogP contribution in [-0.4, -0.2) is 11.3 Å². The molecular weight excluding hydrogens is 307 g/mol. The van der Waals surface area contributed by atoms with Crippen LogP contribution >= 0.6 is 11.6 Å². The molecule has 0 saturated carbocycles. The van der Waals surface area contributed by atoms with Crippen molar-refractivity contribution in [2.45, 2.75) is 12.8 Å². The van der Waals surface area contributed by atoms with Crippen LogP contribution in [0.4, 0.5) is 13.2 Å². The topological polar surface area (TPSA) is 39.2 Å². The highest BCUT2D eigenvalue weighted by atomic mass is 35.5. The summed E-state index contributed by atoms with van der Waals surface area (Å²) in [4.78, 5) is 14.2. The minimum atomic E-state index is -4.51. The summed E-state index contributed by atoms with van der Waals surface area (Å²) in [5.41, 5.74) is 0.211. The van der Waals surface area contributed by atoms with E-state index >= 15 is 0 Å². The minimum Gasteiger partial charge on any atom is -0.472 e. The van der Waals surface area contributed by atoms with Crippen molar-refractivity contribution in [1.29, 1.82) is 0 Å². The number of hydrogen-bond acceptors (Lipinski definition) is 3. The largest absolute Gasteiger partial charge is 0.472 e. The van der Waals surface area contributed by atoms with Gasteiger partial charge in [-0.05, 0) is 17.7 Å². The highest BCUT2D eigenvalue weighted by molar-refractivity contribution is 6.31. The van der Waals surface area contributed by atoms with Crippen LogP contribution in [0, 0.1) is 0 Å². The Balaban J connectivity index is 2.11. The van der Waals surface area contributed by atoms with Crippen LogP contribution in [0.2, 0.25) is 5.02 Å². The quantitative estimate of drug-likeness (QED) is 0.796. The summed E-state index contributed by atoms with van der Waals surface area (Å²) in [5, 5.41) is -0.226. The zero-order valence-corrected chi connectivity index (χ0v) is 11.3. The molecule has 0 radical (unpaired) electrons. The molecule has 0 saturated heterocycles. The van der Waals surface area contributed by atoms with Crippen molar-refractivity contribution >= 4 is 17.9 Å². The summed E-state index contributed by atoms with van der Waals surface area (Å²) in [6, 6.07) is 7.37. The van der Waals surface area contributed by atoms with Crippen LogP contribution < -0.4 is 4.74 Å². The molecule has 0 aliphatic heterocycles. The van der Waals surface area contributed by atoms with Crippen molar-refractivity contribution in [3.05, 3.63) is 58.2 Å². The van der Waals surface area contributed by atoms with E-state index in [1.165, 1.54) is 0 Å². The number of carbonyl (C=O) groups excluding carboxylic acids is 1. The smallest absolute Gasteiger partial charge is 0.417 e. The number of halogens is 4. The lowest BCUT2D eigenvalue weighted by atomic mass is 10.1. The summed E-state index contributed by atoms with van der Waals surface area (Å²) in [6.45, 7) is 0.0414. The Kier molecular flexibility index (Phi) is 4.47. The first-order valence-electron chi connectivity index (χ1n) is 5.80. The van der Waals surface area contributed by atoms with Gasteiger partial charge in [-0.25, -0.2) is 4.98 Å². The molecule has 1 aromatic carbocycles. The van der Waals surface area contributed by atoms with E-state index in [1.807, 2.05) is 0 Å². The van der Waals surface area contributed by atoms with E-state index < -0.39 is 11.7 Å². The predicted octanol–water partition coefficient (Wildman–Crippen LogP) is 4.15. The minimum absolute atomic E-state index is 0.0414. The molecule has 1 aromatic heterocycles. The molecule has 0 aliphatic carbocycles.